The zero-order chi connectivity index (χ0) is 14.1. The van der Waals surface area contributed by atoms with Crippen LogP contribution >= 0.6 is 0 Å². The molecule has 0 bridgehead atoms. The molecule has 0 radical (unpaired) electrons. The van der Waals surface area contributed by atoms with Crippen LogP contribution in [0.5, 0.6) is 0 Å². The molecule has 1 aromatic rings. The Balaban J connectivity index is 2.28. The normalized spacial score (nSPS) is 21.3. The summed E-state index contributed by atoms with van der Waals surface area (Å²) in [5.41, 5.74) is 0.931. The van der Waals surface area contributed by atoms with Crippen LogP contribution in [-0.2, 0) is 9.84 Å². The highest BCUT2D eigenvalue weighted by Crippen LogP contribution is 2.44. The molecule has 0 aromatic heterocycles. The van der Waals surface area contributed by atoms with Crippen molar-refractivity contribution in [3.8, 4) is 0 Å². The van der Waals surface area contributed by atoms with Crippen molar-refractivity contribution in [1.82, 2.24) is 5.32 Å². The molecule has 1 aliphatic heterocycles. The lowest BCUT2D eigenvalue weighted by Gasteiger charge is -2.32. The summed E-state index contributed by atoms with van der Waals surface area (Å²) in [6.07, 6.45) is 1.09. The minimum atomic E-state index is -3.10. The lowest BCUT2D eigenvalue weighted by molar-refractivity contribution is 0.288. The second kappa shape index (κ2) is 5.25. The molecule has 1 heterocycles. The summed E-state index contributed by atoms with van der Waals surface area (Å²) in [6, 6.07) is 7.44. The lowest BCUT2D eigenvalue weighted by atomic mass is 9.76. The molecule has 0 aliphatic carbocycles. The molecular formula is C15H23NO2S. The first-order chi connectivity index (χ1) is 8.88. The van der Waals surface area contributed by atoms with Gasteiger partial charge in [-0.1, -0.05) is 39.0 Å². The minimum Gasteiger partial charge on any atom is -0.316 e. The summed E-state index contributed by atoms with van der Waals surface area (Å²) < 4.78 is 24.4. The van der Waals surface area contributed by atoms with Crippen molar-refractivity contribution in [2.75, 3.05) is 18.8 Å². The fraction of sp³-hybridized carbons (Fsp3) is 0.600. The van der Waals surface area contributed by atoms with Crippen LogP contribution in [0.1, 0.15) is 38.7 Å². The summed E-state index contributed by atoms with van der Waals surface area (Å²) in [5, 5.41) is 3.42. The van der Waals surface area contributed by atoms with Crippen molar-refractivity contribution >= 4 is 9.84 Å². The lowest BCUT2D eigenvalue weighted by Crippen LogP contribution is -2.35. The van der Waals surface area contributed by atoms with Gasteiger partial charge < -0.3 is 5.32 Å². The molecule has 1 N–H and O–H groups in total. The van der Waals surface area contributed by atoms with Gasteiger partial charge in [0.1, 0.15) is 0 Å². The van der Waals surface area contributed by atoms with Crippen LogP contribution in [0.25, 0.3) is 0 Å². The van der Waals surface area contributed by atoms with Gasteiger partial charge in [-0.25, -0.2) is 8.42 Å². The molecule has 0 saturated carbocycles. The fourth-order valence-electron chi connectivity index (χ4n) is 2.81. The second-order valence-corrected chi connectivity index (χ2v) is 8.04. The van der Waals surface area contributed by atoms with E-state index in [0.29, 0.717) is 4.90 Å². The Morgan fingerprint density at radius 1 is 1.32 bits per heavy atom. The van der Waals surface area contributed by atoms with E-state index in [2.05, 4.69) is 26.1 Å². The molecule has 106 valence electrons. The Labute approximate surface area is 116 Å². The molecule has 19 heavy (non-hydrogen) atoms. The molecule has 0 fully saturated rings. The topological polar surface area (TPSA) is 46.2 Å². The summed E-state index contributed by atoms with van der Waals surface area (Å²) in [6.45, 7) is 8.26. The maximum atomic E-state index is 12.2. The smallest absolute Gasteiger partial charge is 0.179 e. The number of benzene rings is 1. The molecule has 1 aliphatic rings. The van der Waals surface area contributed by atoms with Crippen molar-refractivity contribution in [1.29, 1.82) is 0 Å². The average Bonchev–Trinajstić information content (AvgIpc) is 2.63. The molecule has 4 heteroatoms. The third kappa shape index (κ3) is 2.84. The van der Waals surface area contributed by atoms with Gasteiger partial charge >= 0.3 is 0 Å². The van der Waals surface area contributed by atoms with Gasteiger partial charge in [-0.15, -0.1) is 0 Å². The minimum absolute atomic E-state index is 0.0607. The van der Waals surface area contributed by atoms with E-state index < -0.39 is 9.84 Å². The molecular weight excluding hydrogens is 258 g/mol. The van der Waals surface area contributed by atoms with Crippen LogP contribution < -0.4 is 5.32 Å². The summed E-state index contributed by atoms with van der Waals surface area (Å²) in [5.74, 6) is 0.325. The van der Waals surface area contributed by atoms with E-state index in [1.807, 2.05) is 12.1 Å². The van der Waals surface area contributed by atoms with E-state index >= 15 is 0 Å². The maximum absolute atomic E-state index is 12.2. The van der Waals surface area contributed by atoms with Crippen molar-refractivity contribution in [3.63, 3.8) is 0 Å². The van der Waals surface area contributed by atoms with Gasteiger partial charge in [0.05, 0.1) is 10.6 Å². The molecule has 0 amide bonds. The second-order valence-electron chi connectivity index (χ2n) is 6.04. The van der Waals surface area contributed by atoms with Gasteiger partial charge in [-0.05, 0) is 30.0 Å². The fourth-order valence-corrected chi connectivity index (χ4v) is 4.91. The van der Waals surface area contributed by atoms with Crippen molar-refractivity contribution in [2.45, 2.75) is 38.0 Å². The van der Waals surface area contributed by atoms with E-state index in [4.69, 9.17) is 0 Å². The molecule has 0 spiro atoms. The molecule has 2 rings (SSSR count). The Kier molecular flexibility index (Phi) is 4.02. The summed E-state index contributed by atoms with van der Waals surface area (Å²) in [4.78, 5) is 0.531. The highest BCUT2D eigenvalue weighted by atomic mass is 32.2. The van der Waals surface area contributed by atoms with Gasteiger partial charge in [0.2, 0.25) is 0 Å². The first kappa shape index (κ1) is 14.5. The van der Waals surface area contributed by atoms with Crippen LogP contribution in [-0.4, -0.2) is 27.3 Å². The van der Waals surface area contributed by atoms with Gasteiger partial charge in [0.15, 0.2) is 9.84 Å². The number of nitrogens with one attached hydrogen (secondary N) is 1. The molecule has 0 saturated heterocycles. The Morgan fingerprint density at radius 2 is 2.00 bits per heavy atom. The van der Waals surface area contributed by atoms with Crippen molar-refractivity contribution in [2.24, 2.45) is 5.41 Å². The Bertz CT molecular complexity index is 549. The van der Waals surface area contributed by atoms with Crippen LogP contribution in [0.3, 0.4) is 0 Å². The van der Waals surface area contributed by atoms with Gasteiger partial charge in [-0.2, -0.15) is 0 Å². The zero-order valence-electron chi connectivity index (χ0n) is 11.9. The van der Waals surface area contributed by atoms with E-state index in [0.717, 1.165) is 25.1 Å². The van der Waals surface area contributed by atoms with Crippen molar-refractivity contribution in [3.05, 3.63) is 29.8 Å². The quantitative estimate of drug-likeness (QED) is 0.844. The third-order valence-electron chi connectivity index (χ3n) is 3.97. The molecule has 1 atom stereocenters. The molecule has 1 unspecified atom stereocenters. The SMILES string of the molecule is CCCNCC(C)(C)C1CS(=O)(=O)c2ccccc21. The first-order valence-corrected chi connectivity index (χ1v) is 8.56. The zero-order valence-corrected chi connectivity index (χ0v) is 12.8. The number of fused-ring (bicyclic) bond motifs is 1. The average molecular weight is 281 g/mol. The third-order valence-corrected chi connectivity index (χ3v) is 5.78. The predicted molar refractivity (Wildman–Crippen MR) is 78.2 cm³/mol. The number of hydrogen-bond acceptors (Lipinski definition) is 3. The van der Waals surface area contributed by atoms with Crippen LogP contribution in [0.15, 0.2) is 29.2 Å². The number of rotatable bonds is 5. The standard InChI is InChI=1S/C15H23NO2S/c1-4-9-16-11-15(2,3)13-10-19(17,18)14-8-6-5-7-12(13)14/h5-8,13,16H,4,9-11H2,1-3H3. The van der Waals surface area contributed by atoms with Crippen molar-refractivity contribution < 1.29 is 8.42 Å². The highest BCUT2D eigenvalue weighted by molar-refractivity contribution is 7.91. The van der Waals surface area contributed by atoms with Crippen LogP contribution in [0, 0.1) is 5.41 Å². The monoisotopic (exact) mass is 281 g/mol. The highest BCUT2D eigenvalue weighted by Gasteiger charge is 2.42. The molecule has 1 aromatic carbocycles. The van der Waals surface area contributed by atoms with E-state index in [1.165, 1.54) is 0 Å². The van der Waals surface area contributed by atoms with Gasteiger partial charge in [-0.3, -0.25) is 0 Å². The number of hydrogen-bond donors (Lipinski definition) is 1. The Morgan fingerprint density at radius 3 is 2.68 bits per heavy atom. The summed E-state index contributed by atoms with van der Waals surface area (Å²) >= 11 is 0. The van der Waals surface area contributed by atoms with Gasteiger partial charge in [0.25, 0.3) is 0 Å². The first-order valence-electron chi connectivity index (χ1n) is 6.91. The van der Waals surface area contributed by atoms with E-state index in [9.17, 15) is 8.42 Å². The predicted octanol–water partition coefficient (Wildman–Crippen LogP) is 2.58. The van der Waals surface area contributed by atoms with Crippen LogP contribution in [0.2, 0.25) is 0 Å². The van der Waals surface area contributed by atoms with Gasteiger partial charge in [0, 0.05) is 12.5 Å². The van der Waals surface area contributed by atoms with Crippen LogP contribution in [0.4, 0.5) is 0 Å². The summed E-state index contributed by atoms with van der Waals surface area (Å²) in [7, 11) is -3.10. The number of sulfone groups is 1. The van der Waals surface area contributed by atoms with E-state index in [-0.39, 0.29) is 17.1 Å². The molecule has 3 nitrogen and oxygen atoms in total. The Hall–Kier alpha value is -0.870. The van der Waals surface area contributed by atoms with E-state index in [1.54, 1.807) is 12.1 Å². The largest absolute Gasteiger partial charge is 0.316 e. The maximum Gasteiger partial charge on any atom is 0.179 e.